The van der Waals surface area contributed by atoms with Gasteiger partial charge < -0.3 is 9.64 Å². The van der Waals surface area contributed by atoms with E-state index in [2.05, 4.69) is 9.97 Å². The average Bonchev–Trinajstić information content (AvgIpc) is 2.96. The van der Waals surface area contributed by atoms with Crippen LogP contribution in [0.4, 0.5) is 14.6 Å². The van der Waals surface area contributed by atoms with Gasteiger partial charge >= 0.3 is 5.97 Å². The van der Waals surface area contributed by atoms with Crippen molar-refractivity contribution in [2.45, 2.75) is 18.9 Å². The third kappa shape index (κ3) is 2.39. The molecule has 2 heterocycles. The number of halogens is 2. The monoisotopic (exact) mass is 293 g/mol. The molecule has 1 atom stereocenters. The van der Waals surface area contributed by atoms with Crippen molar-refractivity contribution in [1.82, 2.24) is 9.97 Å². The molecule has 21 heavy (non-hydrogen) atoms. The third-order valence-corrected chi connectivity index (χ3v) is 3.59. The molecule has 1 aliphatic heterocycles. The molecule has 0 N–H and O–H groups in total. The largest absolute Gasteiger partial charge is 0.467 e. The van der Waals surface area contributed by atoms with Gasteiger partial charge in [-0.05, 0) is 12.8 Å². The molecule has 1 aromatic heterocycles. The van der Waals surface area contributed by atoms with Crippen molar-refractivity contribution in [1.29, 1.82) is 0 Å². The summed E-state index contributed by atoms with van der Waals surface area (Å²) in [6.07, 6.45) is 2.96. The van der Waals surface area contributed by atoms with Gasteiger partial charge in [-0.25, -0.2) is 18.6 Å². The molecule has 7 heteroatoms. The molecule has 1 fully saturated rings. The molecule has 0 unspecified atom stereocenters. The van der Waals surface area contributed by atoms with E-state index in [0.29, 0.717) is 18.8 Å². The lowest BCUT2D eigenvalue weighted by molar-refractivity contribution is -0.141. The number of benzene rings is 1. The lowest BCUT2D eigenvalue weighted by atomic mass is 10.2. The van der Waals surface area contributed by atoms with Crippen molar-refractivity contribution in [2.75, 3.05) is 18.6 Å². The summed E-state index contributed by atoms with van der Waals surface area (Å²) in [5.41, 5.74) is 0.522. The van der Waals surface area contributed by atoms with Gasteiger partial charge in [0.15, 0.2) is 11.6 Å². The number of hydrogen-bond donors (Lipinski definition) is 0. The van der Waals surface area contributed by atoms with Crippen molar-refractivity contribution >= 4 is 22.8 Å². The Hall–Kier alpha value is -2.31. The van der Waals surface area contributed by atoms with E-state index in [9.17, 15) is 13.6 Å². The fraction of sp³-hybridized carbons (Fsp3) is 0.357. The molecule has 0 spiro atoms. The first kappa shape index (κ1) is 13.7. The molecular weight excluding hydrogens is 280 g/mol. The number of anilines is 1. The number of nitrogens with zero attached hydrogens (tertiary/aromatic N) is 3. The first-order valence-electron chi connectivity index (χ1n) is 6.56. The summed E-state index contributed by atoms with van der Waals surface area (Å²) in [5.74, 6) is -1.81. The average molecular weight is 293 g/mol. The van der Waals surface area contributed by atoms with Crippen molar-refractivity contribution in [3.63, 3.8) is 0 Å². The van der Waals surface area contributed by atoms with Crippen molar-refractivity contribution < 1.29 is 18.3 Å². The fourth-order valence-electron chi connectivity index (χ4n) is 2.56. The maximum Gasteiger partial charge on any atom is 0.328 e. The van der Waals surface area contributed by atoms with Gasteiger partial charge in [-0.1, -0.05) is 0 Å². The minimum Gasteiger partial charge on any atom is -0.467 e. The molecule has 5 nitrogen and oxygen atoms in total. The molecule has 1 aliphatic rings. The van der Waals surface area contributed by atoms with Gasteiger partial charge in [-0.3, -0.25) is 4.98 Å². The smallest absolute Gasteiger partial charge is 0.328 e. The number of esters is 1. The second kappa shape index (κ2) is 5.23. The van der Waals surface area contributed by atoms with E-state index in [0.717, 1.165) is 18.6 Å². The van der Waals surface area contributed by atoms with Crippen LogP contribution in [0, 0.1) is 11.6 Å². The van der Waals surface area contributed by atoms with Gasteiger partial charge in [0.2, 0.25) is 0 Å². The minimum atomic E-state index is -0.972. The molecule has 3 rings (SSSR count). The number of ether oxygens (including phenoxy) is 1. The number of carbonyl (C=O) groups is 1. The topological polar surface area (TPSA) is 55.3 Å². The number of carbonyl (C=O) groups excluding carboxylic acids is 1. The molecule has 0 bridgehead atoms. The summed E-state index contributed by atoms with van der Waals surface area (Å²) < 4.78 is 31.2. The van der Waals surface area contributed by atoms with Crippen LogP contribution in [0.3, 0.4) is 0 Å². The van der Waals surface area contributed by atoms with Crippen LogP contribution in [-0.2, 0) is 9.53 Å². The zero-order chi connectivity index (χ0) is 15.0. The minimum absolute atomic E-state index is 0.252. The second-order valence-electron chi connectivity index (χ2n) is 4.86. The van der Waals surface area contributed by atoms with Gasteiger partial charge in [0.25, 0.3) is 0 Å². The van der Waals surface area contributed by atoms with Crippen molar-refractivity contribution in [2.24, 2.45) is 0 Å². The predicted octanol–water partition coefficient (Wildman–Crippen LogP) is 2.05. The quantitative estimate of drug-likeness (QED) is 0.793. The highest BCUT2D eigenvalue weighted by molar-refractivity contribution is 5.81. The molecule has 0 amide bonds. The van der Waals surface area contributed by atoms with E-state index < -0.39 is 17.7 Å². The normalized spacial score (nSPS) is 18.2. The maximum atomic E-state index is 13.3. The number of fused-ring (bicyclic) bond motifs is 1. The van der Waals surface area contributed by atoms with Crippen LogP contribution in [0.25, 0.3) is 11.0 Å². The summed E-state index contributed by atoms with van der Waals surface area (Å²) in [4.78, 5) is 21.9. The van der Waals surface area contributed by atoms with Crippen LogP contribution in [-0.4, -0.2) is 35.6 Å². The van der Waals surface area contributed by atoms with Crippen LogP contribution in [0.5, 0.6) is 0 Å². The molecule has 110 valence electrons. The molecule has 0 radical (unpaired) electrons. The first-order valence-corrected chi connectivity index (χ1v) is 6.56. The standard InChI is InChI=1S/C14H13F2N3O2/c1-21-14(20)12-3-2-4-19(12)13-7-17-10-5-8(15)9(16)6-11(10)18-13/h5-7,12H,2-4H2,1H3/t12-/m1/s1. The summed E-state index contributed by atoms with van der Waals surface area (Å²) in [5, 5.41) is 0. The van der Waals surface area contributed by atoms with Crippen molar-refractivity contribution in [3.05, 3.63) is 30.0 Å². The number of rotatable bonds is 2. The summed E-state index contributed by atoms with van der Waals surface area (Å²) in [7, 11) is 1.34. The molecule has 2 aromatic rings. The summed E-state index contributed by atoms with van der Waals surface area (Å²) in [6, 6.07) is 1.60. The lowest BCUT2D eigenvalue weighted by Gasteiger charge is -2.23. The van der Waals surface area contributed by atoms with E-state index in [1.165, 1.54) is 13.3 Å². The Balaban J connectivity index is 2.00. The van der Waals surface area contributed by atoms with E-state index in [4.69, 9.17) is 4.74 Å². The summed E-state index contributed by atoms with van der Waals surface area (Å²) in [6.45, 7) is 0.642. The van der Waals surface area contributed by atoms with E-state index in [1.54, 1.807) is 4.90 Å². The zero-order valence-corrected chi connectivity index (χ0v) is 11.3. The van der Waals surface area contributed by atoms with Gasteiger partial charge in [0.1, 0.15) is 11.9 Å². The molecule has 0 aliphatic carbocycles. The highest BCUT2D eigenvalue weighted by atomic mass is 19.2. The Labute approximate surface area is 119 Å². The highest BCUT2D eigenvalue weighted by Crippen LogP contribution is 2.26. The van der Waals surface area contributed by atoms with Crippen LogP contribution < -0.4 is 4.90 Å². The summed E-state index contributed by atoms with van der Waals surface area (Å²) >= 11 is 0. The van der Waals surface area contributed by atoms with E-state index in [1.807, 2.05) is 0 Å². The van der Waals surface area contributed by atoms with Crippen LogP contribution >= 0.6 is 0 Å². The van der Waals surface area contributed by atoms with Gasteiger partial charge in [-0.15, -0.1) is 0 Å². The van der Waals surface area contributed by atoms with Gasteiger partial charge in [0.05, 0.1) is 24.3 Å². The van der Waals surface area contributed by atoms with E-state index in [-0.39, 0.29) is 17.0 Å². The van der Waals surface area contributed by atoms with Gasteiger partial charge in [-0.2, -0.15) is 0 Å². The van der Waals surface area contributed by atoms with Crippen LogP contribution in [0.2, 0.25) is 0 Å². The Bertz CT molecular complexity index is 708. The zero-order valence-electron chi connectivity index (χ0n) is 11.3. The Morgan fingerprint density at radius 2 is 2.05 bits per heavy atom. The van der Waals surface area contributed by atoms with E-state index >= 15 is 0 Å². The molecule has 0 saturated carbocycles. The van der Waals surface area contributed by atoms with Crippen molar-refractivity contribution in [3.8, 4) is 0 Å². The first-order chi connectivity index (χ1) is 10.1. The predicted molar refractivity (Wildman–Crippen MR) is 71.8 cm³/mol. The SMILES string of the molecule is COC(=O)[C@H]1CCCN1c1cnc2cc(F)c(F)cc2n1. The fourth-order valence-corrected chi connectivity index (χ4v) is 2.56. The number of hydrogen-bond acceptors (Lipinski definition) is 5. The van der Waals surface area contributed by atoms with Gasteiger partial charge in [0, 0.05) is 18.7 Å². The number of methoxy groups -OCH3 is 1. The Morgan fingerprint density at radius 3 is 2.76 bits per heavy atom. The lowest BCUT2D eigenvalue weighted by Crippen LogP contribution is -2.37. The van der Waals surface area contributed by atoms with Crippen LogP contribution in [0.1, 0.15) is 12.8 Å². The Morgan fingerprint density at radius 1 is 1.33 bits per heavy atom. The number of aromatic nitrogens is 2. The molecule has 1 saturated heterocycles. The Kier molecular flexibility index (Phi) is 3.40. The maximum absolute atomic E-state index is 13.3. The third-order valence-electron chi connectivity index (χ3n) is 3.59. The molecular formula is C14H13F2N3O2. The highest BCUT2D eigenvalue weighted by Gasteiger charge is 2.32. The second-order valence-corrected chi connectivity index (χ2v) is 4.86. The molecule has 1 aromatic carbocycles. The van der Waals surface area contributed by atoms with Crippen LogP contribution in [0.15, 0.2) is 18.3 Å².